The van der Waals surface area contributed by atoms with Gasteiger partial charge in [0.1, 0.15) is 12.1 Å². The number of rotatable bonds is 4. The van der Waals surface area contributed by atoms with Crippen LogP contribution in [-0.4, -0.2) is 47.0 Å². The molecule has 1 aromatic carbocycles. The number of fused-ring (bicyclic) bond motifs is 1. The van der Waals surface area contributed by atoms with Crippen LogP contribution in [0.25, 0.3) is 10.9 Å². The first-order valence-electron chi connectivity index (χ1n) is 8.92. The van der Waals surface area contributed by atoms with Gasteiger partial charge in [-0.25, -0.2) is 9.97 Å². The summed E-state index contributed by atoms with van der Waals surface area (Å²) in [6, 6.07) is 8.58. The lowest BCUT2D eigenvalue weighted by Crippen LogP contribution is -2.35. The lowest BCUT2D eigenvalue weighted by Gasteiger charge is -2.26. The molecule has 1 amide bonds. The fraction of sp³-hybridized carbons (Fsp3) is 0.526. The molecule has 5 heteroatoms. The fourth-order valence-electron chi connectivity index (χ4n) is 4.27. The Hall–Kier alpha value is -2.17. The highest BCUT2D eigenvalue weighted by molar-refractivity contribution is 5.89. The Labute approximate surface area is 142 Å². The Bertz CT molecular complexity index is 736. The van der Waals surface area contributed by atoms with E-state index in [1.54, 1.807) is 6.33 Å². The van der Waals surface area contributed by atoms with Crippen molar-refractivity contribution < 1.29 is 4.79 Å². The van der Waals surface area contributed by atoms with Crippen molar-refractivity contribution in [2.45, 2.75) is 38.1 Å². The minimum absolute atomic E-state index is 0.341. The van der Waals surface area contributed by atoms with Gasteiger partial charge in [-0.05, 0) is 25.0 Å². The number of para-hydroxylation sites is 1. The number of aromatic nitrogens is 2. The van der Waals surface area contributed by atoms with Crippen molar-refractivity contribution in [3.05, 3.63) is 30.6 Å². The van der Waals surface area contributed by atoms with E-state index in [2.05, 4.69) is 32.9 Å². The van der Waals surface area contributed by atoms with Crippen LogP contribution in [0.2, 0.25) is 0 Å². The van der Waals surface area contributed by atoms with Crippen LogP contribution in [0.5, 0.6) is 0 Å². The molecule has 0 spiro atoms. The zero-order valence-electron chi connectivity index (χ0n) is 14.2. The molecule has 2 aliphatic rings. The number of likely N-dealkylation sites (tertiary alicyclic amines) is 1. The van der Waals surface area contributed by atoms with Gasteiger partial charge in [0.25, 0.3) is 0 Å². The van der Waals surface area contributed by atoms with Gasteiger partial charge in [0.15, 0.2) is 0 Å². The average Bonchev–Trinajstić information content (AvgIpc) is 3.23. The number of hydrogen-bond acceptors (Lipinski definition) is 4. The van der Waals surface area contributed by atoms with Gasteiger partial charge >= 0.3 is 0 Å². The Balaban J connectivity index is 1.48. The fourth-order valence-corrected chi connectivity index (χ4v) is 4.27. The van der Waals surface area contributed by atoms with Crippen molar-refractivity contribution in [3.8, 4) is 0 Å². The van der Waals surface area contributed by atoms with Crippen LogP contribution in [0.3, 0.4) is 0 Å². The Morgan fingerprint density at radius 2 is 2.00 bits per heavy atom. The number of benzene rings is 1. The van der Waals surface area contributed by atoms with E-state index in [0.29, 0.717) is 24.3 Å². The summed E-state index contributed by atoms with van der Waals surface area (Å²) >= 11 is 0. The van der Waals surface area contributed by atoms with Crippen molar-refractivity contribution >= 4 is 22.6 Å². The van der Waals surface area contributed by atoms with Crippen molar-refractivity contribution in [3.63, 3.8) is 0 Å². The first-order chi connectivity index (χ1) is 11.7. The van der Waals surface area contributed by atoms with E-state index in [1.807, 2.05) is 18.2 Å². The summed E-state index contributed by atoms with van der Waals surface area (Å²) in [7, 11) is 2.07. The monoisotopic (exact) mass is 324 g/mol. The molecule has 0 N–H and O–H groups in total. The average molecular weight is 324 g/mol. The second kappa shape index (κ2) is 6.38. The largest absolute Gasteiger partial charge is 0.359 e. The second-order valence-corrected chi connectivity index (χ2v) is 7.15. The van der Waals surface area contributed by atoms with Crippen LogP contribution in [0.15, 0.2) is 30.6 Å². The van der Waals surface area contributed by atoms with Crippen LogP contribution < -0.4 is 4.90 Å². The van der Waals surface area contributed by atoms with Gasteiger partial charge in [-0.2, -0.15) is 0 Å². The van der Waals surface area contributed by atoms with E-state index in [9.17, 15) is 4.79 Å². The summed E-state index contributed by atoms with van der Waals surface area (Å²) in [5.41, 5.74) is 0.962. The first-order valence-corrected chi connectivity index (χ1v) is 8.92. The predicted octanol–water partition coefficient (Wildman–Crippen LogP) is 2.86. The van der Waals surface area contributed by atoms with Gasteiger partial charge < -0.3 is 9.80 Å². The minimum Gasteiger partial charge on any atom is -0.359 e. The molecule has 2 fully saturated rings. The summed E-state index contributed by atoms with van der Waals surface area (Å²) in [5, 5.41) is 1.07. The number of amides is 1. The minimum atomic E-state index is 0.341. The summed E-state index contributed by atoms with van der Waals surface area (Å²) in [6.45, 7) is 1.76. The van der Waals surface area contributed by atoms with E-state index in [-0.39, 0.29) is 0 Å². The van der Waals surface area contributed by atoms with Crippen molar-refractivity contribution in [1.82, 2.24) is 14.9 Å². The molecule has 126 valence electrons. The quantitative estimate of drug-likeness (QED) is 0.868. The topological polar surface area (TPSA) is 49.3 Å². The zero-order chi connectivity index (χ0) is 16.5. The molecule has 0 radical (unpaired) electrons. The molecule has 2 aromatic rings. The van der Waals surface area contributed by atoms with E-state index in [1.165, 1.54) is 25.7 Å². The summed E-state index contributed by atoms with van der Waals surface area (Å²) in [5.74, 6) is 1.68. The van der Waals surface area contributed by atoms with E-state index in [4.69, 9.17) is 0 Å². The third-order valence-corrected chi connectivity index (χ3v) is 5.42. The normalized spacial score (nSPS) is 21.8. The highest BCUT2D eigenvalue weighted by Crippen LogP contribution is 2.30. The smallest absolute Gasteiger partial charge is 0.223 e. The first kappa shape index (κ1) is 15.4. The lowest BCUT2D eigenvalue weighted by atomic mass is 10.1. The maximum absolute atomic E-state index is 12.4. The predicted molar refractivity (Wildman–Crippen MR) is 94.9 cm³/mol. The summed E-state index contributed by atoms with van der Waals surface area (Å²) in [6.07, 6.45) is 7.20. The van der Waals surface area contributed by atoms with Crippen molar-refractivity contribution in [2.24, 2.45) is 5.92 Å². The highest BCUT2D eigenvalue weighted by Gasteiger charge is 2.35. The zero-order valence-corrected chi connectivity index (χ0v) is 14.2. The third kappa shape index (κ3) is 2.83. The van der Waals surface area contributed by atoms with Gasteiger partial charge in [-0.3, -0.25) is 4.79 Å². The molecule has 2 heterocycles. The molecule has 1 aliphatic carbocycles. The molecule has 4 rings (SSSR count). The molecule has 0 bridgehead atoms. The van der Waals surface area contributed by atoms with Gasteiger partial charge in [-0.15, -0.1) is 0 Å². The Kier molecular flexibility index (Phi) is 4.08. The Morgan fingerprint density at radius 1 is 1.21 bits per heavy atom. The van der Waals surface area contributed by atoms with Gasteiger partial charge in [0.05, 0.1) is 5.52 Å². The highest BCUT2D eigenvalue weighted by atomic mass is 16.2. The second-order valence-electron chi connectivity index (χ2n) is 7.15. The maximum Gasteiger partial charge on any atom is 0.223 e. The molecular formula is C19H24N4O. The molecule has 1 aliphatic heterocycles. The third-order valence-electron chi connectivity index (χ3n) is 5.42. The number of anilines is 1. The van der Waals surface area contributed by atoms with Gasteiger partial charge in [0, 0.05) is 43.9 Å². The molecule has 24 heavy (non-hydrogen) atoms. The molecule has 1 unspecified atom stereocenters. The lowest BCUT2D eigenvalue weighted by molar-refractivity contribution is -0.129. The maximum atomic E-state index is 12.4. The molecule has 1 aromatic heterocycles. The summed E-state index contributed by atoms with van der Waals surface area (Å²) < 4.78 is 0. The van der Waals surface area contributed by atoms with Crippen LogP contribution >= 0.6 is 0 Å². The van der Waals surface area contributed by atoms with Crippen LogP contribution in [-0.2, 0) is 4.79 Å². The number of carbonyl (C=O) groups is 1. The van der Waals surface area contributed by atoms with Crippen LogP contribution in [0, 0.1) is 5.92 Å². The summed E-state index contributed by atoms with van der Waals surface area (Å²) in [4.78, 5) is 25.5. The van der Waals surface area contributed by atoms with Gasteiger partial charge in [-0.1, -0.05) is 25.0 Å². The molecule has 1 saturated carbocycles. The molecular weight excluding hydrogens is 300 g/mol. The van der Waals surface area contributed by atoms with Crippen LogP contribution in [0.4, 0.5) is 5.82 Å². The van der Waals surface area contributed by atoms with E-state index < -0.39 is 0 Å². The molecule has 1 atom stereocenters. The van der Waals surface area contributed by atoms with E-state index in [0.717, 1.165) is 29.8 Å². The van der Waals surface area contributed by atoms with E-state index >= 15 is 0 Å². The van der Waals surface area contributed by atoms with Crippen molar-refractivity contribution in [2.75, 3.05) is 25.0 Å². The molecule has 1 saturated heterocycles. The number of nitrogens with zero attached hydrogens (tertiary/aromatic N) is 4. The SMILES string of the molecule is CN(CC1CC(=O)N(C2CCCC2)C1)c1ncnc2ccccc12. The van der Waals surface area contributed by atoms with Gasteiger partial charge in [0.2, 0.25) is 5.91 Å². The van der Waals surface area contributed by atoms with Crippen LogP contribution in [0.1, 0.15) is 32.1 Å². The number of carbonyl (C=O) groups excluding carboxylic acids is 1. The molecule has 5 nitrogen and oxygen atoms in total. The standard InChI is InChI=1S/C19H24N4O/c1-22(19-16-8-4-5-9-17(16)20-13-21-19)11-14-10-18(24)23(12-14)15-6-2-3-7-15/h4-5,8-9,13-15H,2-3,6-7,10-12H2,1H3. The van der Waals surface area contributed by atoms with Crippen molar-refractivity contribution in [1.29, 1.82) is 0 Å². The number of hydrogen-bond donors (Lipinski definition) is 0. The Morgan fingerprint density at radius 3 is 2.83 bits per heavy atom.